The highest BCUT2D eigenvalue weighted by molar-refractivity contribution is 6.39. The molecule has 0 radical (unpaired) electrons. The largest absolute Gasteiger partial charge is 0.367 e. The number of nitrogen functional groups attached to an aromatic ring is 1. The average Bonchev–Trinajstić information content (AvgIpc) is 2.81. The summed E-state index contributed by atoms with van der Waals surface area (Å²) < 4.78 is 5.12. The van der Waals surface area contributed by atoms with Gasteiger partial charge in [-0.2, -0.15) is 0 Å². The van der Waals surface area contributed by atoms with Crippen LogP contribution in [0.15, 0.2) is 53.1 Å². The summed E-state index contributed by atoms with van der Waals surface area (Å²) in [6.07, 6.45) is 0. The molecule has 0 saturated carbocycles. The zero-order chi connectivity index (χ0) is 14.1. The molecule has 5 heteroatoms. The minimum absolute atomic E-state index is 0.238. The number of halogens is 2. The van der Waals surface area contributed by atoms with Crippen molar-refractivity contribution in [3.05, 3.63) is 58.6 Å². The van der Waals surface area contributed by atoms with Gasteiger partial charge in [-0.05, 0) is 17.7 Å². The number of hydrogen-bond donors (Lipinski definition) is 1. The number of benzene rings is 2. The highest BCUT2D eigenvalue weighted by Gasteiger charge is 2.21. The highest BCUT2D eigenvalue weighted by Crippen LogP contribution is 2.41. The second-order valence-corrected chi connectivity index (χ2v) is 5.05. The molecule has 0 aliphatic heterocycles. The van der Waals surface area contributed by atoms with Crippen LogP contribution >= 0.6 is 23.2 Å². The topological polar surface area (TPSA) is 52.0 Å². The van der Waals surface area contributed by atoms with Crippen molar-refractivity contribution in [3.63, 3.8) is 0 Å². The lowest BCUT2D eigenvalue weighted by Crippen LogP contribution is -1.89. The molecule has 0 atom stereocenters. The lowest BCUT2D eigenvalue weighted by molar-refractivity contribution is 0.439. The van der Waals surface area contributed by atoms with Gasteiger partial charge in [-0.25, -0.2) is 0 Å². The first-order valence-electron chi connectivity index (χ1n) is 5.93. The van der Waals surface area contributed by atoms with Crippen LogP contribution in [-0.2, 0) is 0 Å². The highest BCUT2D eigenvalue weighted by atomic mass is 35.5. The van der Waals surface area contributed by atoms with Gasteiger partial charge in [-0.1, -0.05) is 64.8 Å². The molecule has 20 heavy (non-hydrogen) atoms. The molecule has 0 fully saturated rings. The third-order valence-electron chi connectivity index (χ3n) is 2.98. The van der Waals surface area contributed by atoms with E-state index in [0.29, 0.717) is 26.9 Å². The van der Waals surface area contributed by atoms with Crippen LogP contribution < -0.4 is 5.73 Å². The Labute approximate surface area is 125 Å². The Kier molecular flexibility index (Phi) is 3.38. The molecule has 3 aromatic rings. The third kappa shape index (κ3) is 2.15. The number of rotatable bonds is 2. The summed E-state index contributed by atoms with van der Waals surface area (Å²) in [5.41, 5.74) is 8.66. The summed E-state index contributed by atoms with van der Waals surface area (Å²) in [6.45, 7) is 0. The number of anilines is 1. The first-order valence-corrected chi connectivity index (χ1v) is 6.69. The van der Waals surface area contributed by atoms with E-state index >= 15 is 0 Å². The summed E-state index contributed by atoms with van der Waals surface area (Å²) in [5.74, 6) is 0.238. The minimum atomic E-state index is 0.238. The second kappa shape index (κ2) is 5.19. The lowest BCUT2D eigenvalue weighted by Gasteiger charge is -2.06. The van der Waals surface area contributed by atoms with Crippen LogP contribution in [-0.4, -0.2) is 5.16 Å². The molecule has 0 spiro atoms. The Hall–Kier alpha value is -1.97. The molecule has 2 N–H and O–H groups in total. The predicted octanol–water partition coefficient (Wildman–Crippen LogP) is 4.90. The predicted molar refractivity (Wildman–Crippen MR) is 81.8 cm³/mol. The van der Waals surface area contributed by atoms with Crippen molar-refractivity contribution >= 4 is 29.1 Å². The van der Waals surface area contributed by atoms with E-state index in [1.807, 2.05) is 30.3 Å². The summed E-state index contributed by atoms with van der Waals surface area (Å²) >= 11 is 12.5. The Bertz CT molecular complexity index is 734. The SMILES string of the molecule is Nc1onc(-c2c(Cl)cccc2Cl)c1-c1ccccc1. The van der Waals surface area contributed by atoms with Crippen molar-refractivity contribution in [3.8, 4) is 22.4 Å². The van der Waals surface area contributed by atoms with Gasteiger partial charge in [-0.3, -0.25) is 0 Å². The van der Waals surface area contributed by atoms with Crippen molar-refractivity contribution in [2.75, 3.05) is 5.73 Å². The van der Waals surface area contributed by atoms with Gasteiger partial charge >= 0.3 is 0 Å². The first kappa shape index (κ1) is 13.0. The van der Waals surface area contributed by atoms with Gasteiger partial charge < -0.3 is 10.3 Å². The zero-order valence-electron chi connectivity index (χ0n) is 10.3. The zero-order valence-corrected chi connectivity index (χ0v) is 11.8. The number of aromatic nitrogens is 1. The summed E-state index contributed by atoms with van der Waals surface area (Å²) in [6, 6.07) is 14.9. The minimum Gasteiger partial charge on any atom is -0.367 e. The maximum atomic E-state index is 6.23. The molecule has 3 rings (SSSR count). The summed E-state index contributed by atoms with van der Waals surface area (Å²) in [7, 11) is 0. The second-order valence-electron chi connectivity index (χ2n) is 4.23. The van der Waals surface area contributed by atoms with E-state index in [1.165, 1.54) is 0 Å². The van der Waals surface area contributed by atoms with Crippen molar-refractivity contribution in [2.45, 2.75) is 0 Å². The Morgan fingerprint density at radius 3 is 2.15 bits per heavy atom. The molecule has 100 valence electrons. The van der Waals surface area contributed by atoms with Crippen molar-refractivity contribution in [1.29, 1.82) is 0 Å². The fourth-order valence-electron chi connectivity index (χ4n) is 2.08. The molecule has 0 bridgehead atoms. The molecule has 0 amide bonds. The number of hydrogen-bond acceptors (Lipinski definition) is 3. The number of nitrogens with two attached hydrogens (primary N) is 1. The van der Waals surface area contributed by atoms with Gasteiger partial charge in [0.05, 0.1) is 15.6 Å². The molecular weight excluding hydrogens is 295 g/mol. The van der Waals surface area contributed by atoms with E-state index in [4.69, 9.17) is 33.5 Å². The molecule has 0 unspecified atom stereocenters. The van der Waals surface area contributed by atoms with Gasteiger partial charge in [-0.15, -0.1) is 0 Å². The van der Waals surface area contributed by atoms with E-state index in [0.717, 1.165) is 5.56 Å². The van der Waals surface area contributed by atoms with Gasteiger partial charge in [0.15, 0.2) is 0 Å². The number of nitrogens with zero attached hydrogens (tertiary/aromatic N) is 1. The van der Waals surface area contributed by atoms with Crippen LogP contribution in [0, 0.1) is 0 Å². The van der Waals surface area contributed by atoms with Gasteiger partial charge in [0.2, 0.25) is 5.88 Å². The first-order chi connectivity index (χ1) is 9.68. The summed E-state index contributed by atoms with van der Waals surface area (Å²) in [4.78, 5) is 0. The van der Waals surface area contributed by atoms with Gasteiger partial charge in [0, 0.05) is 5.56 Å². The quantitative estimate of drug-likeness (QED) is 0.732. The third-order valence-corrected chi connectivity index (χ3v) is 3.61. The van der Waals surface area contributed by atoms with E-state index in [9.17, 15) is 0 Å². The fraction of sp³-hybridized carbons (Fsp3) is 0. The maximum absolute atomic E-state index is 6.23. The van der Waals surface area contributed by atoms with E-state index in [2.05, 4.69) is 5.16 Å². The normalized spacial score (nSPS) is 10.7. The van der Waals surface area contributed by atoms with Crippen molar-refractivity contribution in [2.24, 2.45) is 0 Å². The monoisotopic (exact) mass is 304 g/mol. The van der Waals surface area contributed by atoms with Gasteiger partial charge in [0.25, 0.3) is 0 Å². The van der Waals surface area contributed by atoms with Gasteiger partial charge in [0.1, 0.15) is 5.69 Å². The molecular formula is C15H10Cl2N2O. The molecule has 1 heterocycles. The van der Waals surface area contributed by atoms with Crippen molar-refractivity contribution in [1.82, 2.24) is 5.16 Å². The van der Waals surface area contributed by atoms with Crippen LogP contribution in [0.1, 0.15) is 0 Å². The maximum Gasteiger partial charge on any atom is 0.230 e. The Morgan fingerprint density at radius 2 is 1.50 bits per heavy atom. The molecule has 2 aromatic carbocycles. The Morgan fingerprint density at radius 1 is 0.850 bits per heavy atom. The Balaban J connectivity index is 2.27. The van der Waals surface area contributed by atoms with Crippen LogP contribution in [0.2, 0.25) is 10.0 Å². The van der Waals surface area contributed by atoms with Crippen LogP contribution in [0.3, 0.4) is 0 Å². The molecule has 3 nitrogen and oxygen atoms in total. The van der Waals surface area contributed by atoms with Crippen LogP contribution in [0.25, 0.3) is 22.4 Å². The molecule has 0 aliphatic carbocycles. The lowest BCUT2D eigenvalue weighted by atomic mass is 10.0. The summed E-state index contributed by atoms with van der Waals surface area (Å²) in [5, 5.41) is 5.02. The molecule has 0 aliphatic rings. The average molecular weight is 305 g/mol. The molecule has 1 aromatic heterocycles. The fourth-order valence-corrected chi connectivity index (χ4v) is 2.66. The van der Waals surface area contributed by atoms with Crippen molar-refractivity contribution < 1.29 is 4.52 Å². The van der Waals surface area contributed by atoms with Crippen LogP contribution in [0.5, 0.6) is 0 Å². The standard InChI is InChI=1S/C15H10Cl2N2O/c16-10-7-4-8-11(17)13(10)14-12(15(18)20-19-14)9-5-2-1-3-6-9/h1-8H,18H2. The van der Waals surface area contributed by atoms with Crippen LogP contribution in [0.4, 0.5) is 5.88 Å². The van der Waals surface area contributed by atoms with E-state index in [-0.39, 0.29) is 5.88 Å². The van der Waals surface area contributed by atoms with E-state index in [1.54, 1.807) is 18.2 Å². The smallest absolute Gasteiger partial charge is 0.230 e. The molecule has 0 saturated heterocycles. The van der Waals surface area contributed by atoms with E-state index < -0.39 is 0 Å².